The molecule has 2 amide bonds. The molecule has 2 N–H and O–H groups in total. The van der Waals surface area contributed by atoms with Gasteiger partial charge in [0.05, 0.1) is 0 Å². The van der Waals surface area contributed by atoms with Crippen LogP contribution in [0.3, 0.4) is 0 Å². The summed E-state index contributed by atoms with van der Waals surface area (Å²) in [6.45, 7) is 1.83. The number of carbonyl (C=O) groups is 3. The second-order valence-corrected chi connectivity index (χ2v) is 7.16. The molecule has 0 unspecified atom stereocenters. The molecule has 6 nitrogen and oxygen atoms in total. The zero-order chi connectivity index (χ0) is 20.1. The number of amides is 2. The Labute approximate surface area is 164 Å². The number of rotatable bonds is 5. The van der Waals surface area contributed by atoms with Crippen molar-refractivity contribution in [3.8, 4) is 0 Å². The third kappa shape index (κ3) is 4.57. The topological polar surface area (TPSA) is 98.3 Å². The van der Waals surface area contributed by atoms with Crippen LogP contribution in [0.15, 0.2) is 48.5 Å². The third-order valence-corrected chi connectivity index (χ3v) is 5.18. The molecule has 2 aromatic rings. The molecule has 0 saturated heterocycles. The van der Waals surface area contributed by atoms with Crippen LogP contribution in [-0.2, 0) is 9.59 Å². The van der Waals surface area contributed by atoms with E-state index in [1.54, 1.807) is 42.5 Å². The molecular weight excluding hydrogens is 356 g/mol. The van der Waals surface area contributed by atoms with Crippen molar-refractivity contribution in [2.45, 2.75) is 32.6 Å². The Balaban J connectivity index is 1.67. The number of carbonyl (C=O) groups excluding carboxylic acids is 3. The molecule has 146 valence electrons. The Morgan fingerprint density at radius 2 is 1.61 bits per heavy atom. The minimum atomic E-state index is -1.16. The zero-order valence-corrected chi connectivity index (χ0v) is 15.7. The lowest BCUT2D eigenvalue weighted by Gasteiger charge is -2.31. The Morgan fingerprint density at radius 1 is 0.929 bits per heavy atom. The Bertz CT molecular complexity index is 879. The molecule has 3 rings (SSSR count). The van der Waals surface area contributed by atoms with Crippen LogP contribution < -0.4 is 15.7 Å². The molecule has 1 aliphatic carbocycles. The normalized spacial score (nSPS) is 18.9. The Hall–Kier alpha value is -3.15. The Kier molecular flexibility index (Phi) is 6.09. The van der Waals surface area contributed by atoms with Crippen LogP contribution in [0.4, 0.5) is 11.4 Å². The monoisotopic (exact) mass is 379 g/mol. The number of carboxylic acid groups (broad SMARTS) is 1. The molecule has 0 aromatic heterocycles. The number of aryl methyl sites for hydroxylation is 1. The molecule has 1 saturated carbocycles. The highest BCUT2D eigenvalue weighted by Gasteiger charge is 2.31. The molecule has 2 atom stereocenters. The van der Waals surface area contributed by atoms with Crippen LogP contribution in [0.25, 0.3) is 0 Å². The molecule has 0 heterocycles. The van der Waals surface area contributed by atoms with Gasteiger partial charge in [0, 0.05) is 34.7 Å². The van der Waals surface area contributed by atoms with E-state index in [1.807, 2.05) is 13.0 Å². The summed E-state index contributed by atoms with van der Waals surface area (Å²) in [7, 11) is 0. The fraction of sp³-hybridized carbons (Fsp3) is 0.318. The van der Waals surface area contributed by atoms with E-state index in [0.29, 0.717) is 29.8 Å². The highest BCUT2D eigenvalue weighted by atomic mass is 16.4. The van der Waals surface area contributed by atoms with E-state index in [-0.39, 0.29) is 11.8 Å². The van der Waals surface area contributed by atoms with Crippen molar-refractivity contribution in [3.63, 3.8) is 0 Å². The first-order valence-corrected chi connectivity index (χ1v) is 9.44. The van der Waals surface area contributed by atoms with Crippen LogP contribution in [0.1, 0.15) is 41.6 Å². The molecule has 0 radical (unpaired) electrons. The minimum absolute atomic E-state index is 0.209. The van der Waals surface area contributed by atoms with Gasteiger partial charge in [0.15, 0.2) is 0 Å². The molecule has 6 heteroatoms. The van der Waals surface area contributed by atoms with Crippen molar-refractivity contribution in [2.75, 3.05) is 10.6 Å². The standard InChI is InChI=1S/C22H24N2O4/c1-14-13-16(23-21(26)17-9-5-6-10-18(17)22(27)28)11-12-19(14)24-20(25)15-7-3-2-4-8-15/h2-4,7-8,11-13,17-18H,5-6,9-10H2,1H3,(H,23,26)(H,24,25)(H,27,28)/p-1/t17-,18+/m1/s1. The van der Waals surface area contributed by atoms with Crippen molar-refractivity contribution in [3.05, 3.63) is 59.7 Å². The highest BCUT2D eigenvalue weighted by Crippen LogP contribution is 2.31. The number of carboxylic acids is 1. The first kappa shape index (κ1) is 19.6. The van der Waals surface area contributed by atoms with Gasteiger partial charge in [0.2, 0.25) is 5.91 Å². The maximum absolute atomic E-state index is 12.6. The second kappa shape index (κ2) is 8.69. The van der Waals surface area contributed by atoms with E-state index in [9.17, 15) is 19.5 Å². The number of nitrogens with one attached hydrogen (secondary N) is 2. The SMILES string of the molecule is Cc1cc(NC(=O)[C@@H]2CCCC[C@@H]2C(=O)[O-])ccc1NC(=O)c1ccccc1. The largest absolute Gasteiger partial charge is 0.550 e. The Morgan fingerprint density at radius 3 is 2.25 bits per heavy atom. The molecule has 1 aliphatic rings. The maximum atomic E-state index is 12.6. The first-order chi connectivity index (χ1) is 13.5. The lowest BCUT2D eigenvalue weighted by molar-refractivity contribution is -0.313. The molecule has 0 bridgehead atoms. The van der Waals surface area contributed by atoms with E-state index >= 15 is 0 Å². The van der Waals surface area contributed by atoms with Crippen LogP contribution in [0, 0.1) is 18.8 Å². The summed E-state index contributed by atoms with van der Waals surface area (Å²) in [4.78, 5) is 36.2. The van der Waals surface area contributed by atoms with Gasteiger partial charge in [0.25, 0.3) is 5.91 Å². The van der Waals surface area contributed by atoms with Gasteiger partial charge in [-0.25, -0.2) is 0 Å². The van der Waals surface area contributed by atoms with Crippen molar-refractivity contribution in [1.29, 1.82) is 0 Å². The number of hydrogen-bond acceptors (Lipinski definition) is 4. The first-order valence-electron chi connectivity index (χ1n) is 9.44. The molecule has 28 heavy (non-hydrogen) atoms. The smallest absolute Gasteiger partial charge is 0.255 e. The fourth-order valence-electron chi connectivity index (χ4n) is 3.63. The van der Waals surface area contributed by atoms with Crippen LogP contribution >= 0.6 is 0 Å². The number of aliphatic carboxylic acids is 1. The van der Waals surface area contributed by atoms with Crippen molar-refractivity contribution < 1.29 is 19.5 Å². The van der Waals surface area contributed by atoms with Gasteiger partial charge in [-0.2, -0.15) is 0 Å². The number of hydrogen-bond donors (Lipinski definition) is 2. The van der Waals surface area contributed by atoms with Crippen molar-refractivity contribution in [1.82, 2.24) is 0 Å². The summed E-state index contributed by atoms with van der Waals surface area (Å²) in [6.07, 6.45) is 2.67. The van der Waals surface area contributed by atoms with E-state index in [4.69, 9.17) is 0 Å². The summed E-state index contributed by atoms with van der Waals surface area (Å²) in [5.74, 6) is -2.97. The van der Waals surface area contributed by atoms with E-state index in [0.717, 1.165) is 18.4 Å². The van der Waals surface area contributed by atoms with Crippen molar-refractivity contribution >= 4 is 29.2 Å². The maximum Gasteiger partial charge on any atom is 0.255 e. The van der Waals surface area contributed by atoms with E-state index in [2.05, 4.69) is 10.6 Å². The van der Waals surface area contributed by atoms with Crippen LogP contribution in [0.2, 0.25) is 0 Å². The summed E-state index contributed by atoms with van der Waals surface area (Å²) < 4.78 is 0. The second-order valence-electron chi connectivity index (χ2n) is 7.16. The lowest BCUT2D eigenvalue weighted by Crippen LogP contribution is -2.42. The van der Waals surface area contributed by atoms with Gasteiger partial charge in [-0.1, -0.05) is 31.0 Å². The number of anilines is 2. The fourth-order valence-corrected chi connectivity index (χ4v) is 3.63. The number of benzene rings is 2. The van der Waals surface area contributed by atoms with Gasteiger partial charge in [-0.05, 0) is 55.7 Å². The lowest BCUT2D eigenvalue weighted by atomic mass is 9.78. The van der Waals surface area contributed by atoms with Gasteiger partial charge < -0.3 is 20.5 Å². The summed E-state index contributed by atoms with van der Waals surface area (Å²) in [6, 6.07) is 14.1. The molecular formula is C22H23N2O4-. The summed E-state index contributed by atoms with van der Waals surface area (Å²) in [5.41, 5.74) is 2.58. The van der Waals surface area contributed by atoms with Gasteiger partial charge in [-0.15, -0.1) is 0 Å². The molecule has 1 fully saturated rings. The van der Waals surface area contributed by atoms with Crippen molar-refractivity contribution in [2.24, 2.45) is 11.8 Å². The van der Waals surface area contributed by atoms with Gasteiger partial charge in [0.1, 0.15) is 0 Å². The quantitative estimate of drug-likeness (QED) is 0.834. The summed E-state index contributed by atoms with van der Waals surface area (Å²) >= 11 is 0. The molecule has 2 aromatic carbocycles. The average Bonchev–Trinajstić information content (AvgIpc) is 2.70. The highest BCUT2D eigenvalue weighted by molar-refractivity contribution is 6.05. The molecule has 0 spiro atoms. The van der Waals surface area contributed by atoms with Crippen LogP contribution in [-0.4, -0.2) is 17.8 Å². The molecule has 0 aliphatic heterocycles. The average molecular weight is 379 g/mol. The summed E-state index contributed by atoms with van der Waals surface area (Å²) in [5, 5.41) is 17.0. The third-order valence-electron chi connectivity index (χ3n) is 5.18. The predicted molar refractivity (Wildman–Crippen MR) is 105 cm³/mol. The minimum Gasteiger partial charge on any atom is -0.550 e. The van der Waals surface area contributed by atoms with Crippen LogP contribution in [0.5, 0.6) is 0 Å². The van der Waals surface area contributed by atoms with Gasteiger partial charge in [-0.3, -0.25) is 9.59 Å². The van der Waals surface area contributed by atoms with Gasteiger partial charge >= 0.3 is 0 Å². The predicted octanol–water partition coefficient (Wildman–Crippen LogP) is 2.74. The zero-order valence-electron chi connectivity index (χ0n) is 15.7. The van der Waals surface area contributed by atoms with E-state index < -0.39 is 17.8 Å². The van der Waals surface area contributed by atoms with E-state index in [1.165, 1.54) is 0 Å².